The second-order valence-electron chi connectivity index (χ2n) is 8.80. The summed E-state index contributed by atoms with van der Waals surface area (Å²) < 4.78 is 10.9. The van der Waals surface area contributed by atoms with Gasteiger partial charge in [-0.1, -0.05) is 18.2 Å². The Kier molecular flexibility index (Phi) is 8.33. The molecule has 2 saturated heterocycles. The van der Waals surface area contributed by atoms with Gasteiger partial charge in [0.1, 0.15) is 5.75 Å². The minimum absolute atomic E-state index is 0.0791. The summed E-state index contributed by atoms with van der Waals surface area (Å²) in [6, 6.07) is 14.5. The average molecular weight is 481 g/mol. The Morgan fingerprint density at radius 2 is 1.83 bits per heavy atom. The Morgan fingerprint density at radius 3 is 2.57 bits per heavy atom. The molecule has 2 heterocycles. The van der Waals surface area contributed by atoms with Gasteiger partial charge in [-0.05, 0) is 42.8 Å². The van der Waals surface area contributed by atoms with Crippen LogP contribution >= 0.6 is 0 Å². The number of benzene rings is 2. The van der Waals surface area contributed by atoms with Crippen LogP contribution in [-0.2, 0) is 19.1 Å². The summed E-state index contributed by atoms with van der Waals surface area (Å²) in [6.45, 7) is 6.70. The molecule has 186 valence electrons. The first kappa shape index (κ1) is 24.7. The predicted molar refractivity (Wildman–Crippen MR) is 132 cm³/mol. The number of hydrogen-bond acceptors (Lipinski definition) is 6. The van der Waals surface area contributed by atoms with E-state index in [-0.39, 0.29) is 36.7 Å². The van der Waals surface area contributed by atoms with Crippen LogP contribution in [0, 0.1) is 12.8 Å². The van der Waals surface area contributed by atoms with Crippen molar-refractivity contribution in [3.63, 3.8) is 0 Å². The number of carbonyl (C=O) groups is 3. The molecular formula is C26H32N4O5. The highest BCUT2D eigenvalue weighted by molar-refractivity contribution is 6.00. The molecular weight excluding hydrogens is 448 g/mol. The normalized spacial score (nSPS) is 18.4. The molecule has 0 aliphatic carbocycles. The number of anilines is 2. The lowest BCUT2D eigenvalue weighted by Crippen LogP contribution is -2.42. The molecule has 9 nitrogen and oxygen atoms in total. The monoisotopic (exact) mass is 480 g/mol. The first-order valence-corrected chi connectivity index (χ1v) is 12.0. The Hall–Kier alpha value is -3.43. The van der Waals surface area contributed by atoms with Gasteiger partial charge < -0.3 is 25.0 Å². The zero-order valence-corrected chi connectivity index (χ0v) is 20.0. The maximum Gasteiger partial charge on any atom is 0.262 e. The average Bonchev–Trinajstić information content (AvgIpc) is 3.27. The van der Waals surface area contributed by atoms with Crippen molar-refractivity contribution in [1.29, 1.82) is 0 Å². The molecule has 0 spiro atoms. The summed E-state index contributed by atoms with van der Waals surface area (Å²) in [6.07, 6.45) is 0.195. The van der Waals surface area contributed by atoms with E-state index in [1.54, 1.807) is 29.2 Å². The third-order valence-electron chi connectivity index (χ3n) is 6.26. The Labute approximate surface area is 205 Å². The van der Waals surface area contributed by atoms with Gasteiger partial charge in [0.05, 0.1) is 19.1 Å². The van der Waals surface area contributed by atoms with Crippen molar-refractivity contribution in [3.05, 3.63) is 54.1 Å². The number of para-hydroxylation sites is 1. The first-order chi connectivity index (χ1) is 17.0. The number of aryl methyl sites for hydroxylation is 1. The third kappa shape index (κ3) is 6.80. The third-order valence-corrected chi connectivity index (χ3v) is 6.26. The van der Waals surface area contributed by atoms with Crippen molar-refractivity contribution in [2.45, 2.75) is 13.3 Å². The number of morpholine rings is 1. The smallest absolute Gasteiger partial charge is 0.262 e. The predicted octanol–water partition coefficient (Wildman–Crippen LogP) is 1.81. The largest absolute Gasteiger partial charge is 0.484 e. The van der Waals surface area contributed by atoms with E-state index in [1.807, 2.05) is 31.2 Å². The fraction of sp³-hybridized carbons (Fsp3) is 0.423. The summed E-state index contributed by atoms with van der Waals surface area (Å²) in [5.41, 5.74) is 2.43. The van der Waals surface area contributed by atoms with E-state index in [1.165, 1.54) is 0 Å². The van der Waals surface area contributed by atoms with E-state index in [0.29, 0.717) is 24.5 Å². The van der Waals surface area contributed by atoms with Gasteiger partial charge in [0.2, 0.25) is 11.8 Å². The zero-order chi connectivity index (χ0) is 24.6. The zero-order valence-electron chi connectivity index (χ0n) is 20.0. The summed E-state index contributed by atoms with van der Waals surface area (Å²) in [7, 11) is 0. The van der Waals surface area contributed by atoms with Crippen LogP contribution in [0.3, 0.4) is 0 Å². The van der Waals surface area contributed by atoms with Crippen LogP contribution in [0.25, 0.3) is 0 Å². The van der Waals surface area contributed by atoms with Gasteiger partial charge in [0.15, 0.2) is 6.61 Å². The van der Waals surface area contributed by atoms with Crippen molar-refractivity contribution >= 4 is 29.1 Å². The molecule has 0 bridgehead atoms. The molecule has 1 atom stereocenters. The fourth-order valence-electron chi connectivity index (χ4n) is 4.21. The SMILES string of the molecule is Cc1ccccc1NC(=O)COc1ccc(N2C[C@@H](C(=O)NCCN3CCOCC3)CC2=O)cc1. The molecule has 9 heteroatoms. The maximum atomic E-state index is 12.6. The van der Waals surface area contributed by atoms with Gasteiger partial charge in [0, 0.05) is 50.5 Å². The van der Waals surface area contributed by atoms with E-state index in [2.05, 4.69) is 15.5 Å². The van der Waals surface area contributed by atoms with Gasteiger partial charge in [0.25, 0.3) is 5.91 Å². The Balaban J connectivity index is 1.22. The van der Waals surface area contributed by atoms with Crippen LogP contribution in [0.2, 0.25) is 0 Å². The number of rotatable bonds is 9. The number of ether oxygens (including phenoxy) is 2. The van der Waals surface area contributed by atoms with Crippen LogP contribution in [0.5, 0.6) is 5.75 Å². The number of carbonyl (C=O) groups excluding carboxylic acids is 3. The van der Waals surface area contributed by atoms with Gasteiger partial charge in [-0.15, -0.1) is 0 Å². The topological polar surface area (TPSA) is 100 Å². The molecule has 0 aromatic heterocycles. The summed E-state index contributed by atoms with van der Waals surface area (Å²) in [5, 5.41) is 5.79. The van der Waals surface area contributed by atoms with Crippen molar-refractivity contribution in [1.82, 2.24) is 10.2 Å². The lowest BCUT2D eigenvalue weighted by atomic mass is 10.1. The van der Waals surface area contributed by atoms with Crippen LogP contribution in [-0.4, -0.2) is 75.2 Å². The van der Waals surface area contributed by atoms with E-state index in [0.717, 1.165) is 44.1 Å². The molecule has 4 rings (SSSR count). The van der Waals surface area contributed by atoms with Gasteiger partial charge in [-0.3, -0.25) is 19.3 Å². The maximum absolute atomic E-state index is 12.6. The molecule has 2 aromatic carbocycles. The molecule has 2 aromatic rings. The van der Waals surface area contributed by atoms with Gasteiger partial charge in [-0.25, -0.2) is 0 Å². The highest BCUT2D eigenvalue weighted by Crippen LogP contribution is 2.27. The lowest BCUT2D eigenvalue weighted by Gasteiger charge is -2.26. The number of nitrogens with one attached hydrogen (secondary N) is 2. The Morgan fingerprint density at radius 1 is 1.09 bits per heavy atom. The molecule has 2 fully saturated rings. The van der Waals surface area contributed by atoms with Crippen LogP contribution < -0.4 is 20.3 Å². The van der Waals surface area contributed by atoms with E-state index in [4.69, 9.17) is 9.47 Å². The molecule has 3 amide bonds. The van der Waals surface area contributed by atoms with Crippen LogP contribution in [0.15, 0.2) is 48.5 Å². The summed E-state index contributed by atoms with van der Waals surface area (Å²) in [4.78, 5) is 41.2. The molecule has 0 saturated carbocycles. The second kappa shape index (κ2) is 11.8. The Bertz CT molecular complexity index is 1040. The van der Waals surface area contributed by atoms with Gasteiger partial charge in [-0.2, -0.15) is 0 Å². The van der Waals surface area contributed by atoms with Crippen molar-refractivity contribution in [3.8, 4) is 5.75 Å². The van der Waals surface area contributed by atoms with E-state index < -0.39 is 0 Å². The standard InChI is InChI=1S/C26H32N4O5/c1-19-4-2-3-5-23(19)28-24(31)18-35-22-8-6-21(7-9-22)30-17-20(16-25(30)32)26(33)27-10-11-29-12-14-34-15-13-29/h2-9,20H,10-18H2,1H3,(H,27,33)(H,28,31)/t20-/m0/s1. The molecule has 0 radical (unpaired) electrons. The molecule has 35 heavy (non-hydrogen) atoms. The molecule has 2 aliphatic heterocycles. The number of amides is 3. The quantitative estimate of drug-likeness (QED) is 0.568. The molecule has 0 unspecified atom stereocenters. The van der Waals surface area contributed by atoms with Crippen LogP contribution in [0.1, 0.15) is 12.0 Å². The number of nitrogens with zero attached hydrogens (tertiary/aromatic N) is 2. The van der Waals surface area contributed by atoms with Crippen molar-refractivity contribution in [2.75, 3.05) is 62.8 Å². The fourth-order valence-corrected chi connectivity index (χ4v) is 4.21. The summed E-state index contributed by atoms with van der Waals surface area (Å²) >= 11 is 0. The highest BCUT2D eigenvalue weighted by atomic mass is 16.5. The van der Waals surface area contributed by atoms with E-state index in [9.17, 15) is 14.4 Å². The van der Waals surface area contributed by atoms with Crippen molar-refractivity contribution in [2.24, 2.45) is 5.92 Å². The number of hydrogen-bond donors (Lipinski definition) is 2. The minimum atomic E-state index is -0.367. The second-order valence-corrected chi connectivity index (χ2v) is 8.80. The van der Waals surface area contributed by atoms with Crippen LogP contribution in [0.4, 0.5) is 11.4 Å². The first-order valence-electron chi connectivity index (χ1n) is 12.0. The minimum Gasteiger partial charge on any atom is -0.484 e. The van der Waals surface area contributed by atoms with Gasteiger partial charge >= 0.3 is 0 Å². The lowest BCUT2D eigenvalue weighted by molar-refractivity contribution is -0.126. The van der Waals surface area contributed by atoms with Crippen molar-refractivity contribution < 1.29 is 23.9 Å². The highest BCUT2D eigenvalue weighted by Gasteiger charge is 2.35. The summed E-state index contributed by atoms with van der Waals surface area (Å²) in [5.74, 6) is -0.259. The molecule has 2 aliphatic rings. The van der Waals surface area contributed by atoms with E-state index >= 15 is 0 Å². The molecule has 2 N–H and O–H groups in total.